The molecule has 20 heavy (non-hydrogen) atoms. The molecule has 1 aromatic carbocycles. The third kappa shape index (κ3) is 2.94. The first-order valence-corrected chi connectivity index (χ1v) is 6.89. The van der Waals surface area contributed by atoms with Crippen LogP contribution >= 0.6 is 0 Å². The van der Waals surface area contributed by atoms with Crippen LogP contribution in [0.15, 0.2) is 18.2 Å². The molecule has 3 N–H and O–H groups in total. The van der Waals surface area contributed by atoms with E-state index in [2.05, 4.69) is 30.8 Å². The Morgan fingerprint density at radius 2 is 2.15 bits per heavy atom. The van der Waals surface area contributed by atoms with Crippen molar-refractivity contribution in [3.63, 3.8) is 0 Å². The molecule has 110 valence electrons. The van der Waals surface area contributed by atoms with Crippen LogP contribution in [0.2, 0.25) is 0 Å². The molecule has 0 spiro atoms. The summed E-state index contributed by atoms with van der Waals surface area (Å²) in [6.45, 7) is 4.82. The van der Waals surface area contributed by atoms with Gasteiger partial charge in [0.25, 0.3) is 0 Å². The van der Waals surface area contributed by atoms with Crippen molar-refractivity contribution >= 4 is 11.7 Å². The molecule has 2 unspecified atom stereocenters. The third-order valence-corrected chi connectivity index (χ3v) is 4.10. The number of rotatable bonds is 4. The fourth-order valence-electron chi connectivity index (χ4n) is 3.10. The summed E-state index contributed by atoms with van der Waals surface area (Å²) in [6, 6.07) is 5.83. The summed E-state index contributed by atoms with van der Waals surface area (Å²) >= 11 is 0. The first kappa shape index (κ1) is 14.8. The maximum Gasteiger partial charge on any atom is 0.338 e. The van der Waals surface area contributed by atoms with Gasteiger partial charge in [0.15, 0.2) is 0 Å². The first-order chi connectivity index (χ1) is 9.40. The Morgan fingerprint density at radius 3 is 2.70 bits per heavy atom. The van der Waals surface area contributed by atoms with Crippen molar-refractivity contribution in [3.05, 3.63) is 29.3 Å². The van der Waals surface area contributed by atoms with Crippen LogP contribution in [0.4, 0.5) is 5.69 Å². The van der Waals surface area contributed by atoms with E-state index < -0.39 is 5.97 Å². The summed E-state index contributed by atoms with van der Waals surface area (Å²) in [5.74, 6) is -0.367. The van der Waals surface area contributed by atoms with Crippen LogP contribution in [0.5, 0.6) is 0 Å². The van der Waals surface area contributed by atoms with Crippen molar-refractivity contribution in [3.8, 4) is 0 Å². The lowest BCUT2D eigenvalue weighted by atomic mass is 10.1. The Bertz CT molecular complexity index is 502. The molecule has 0 aromatic heterocycles. The average molecular weight is 277 g/mol. The Balaban J connectivity index is 2.16. The topological polar surface area (TPSA) is 69.8 Å². The molecular formula is C15H23N3O2. The number of hydrogen-bond acceptors (Lipinski definition) is 4. The van der Waals surface area contributed by atoms with E-state index in [1.165, 1.54) is 0 Å². The molecular weight excluding hydrogens is 254 g/mol. The van der Waals surface area contributed by atoms with Gasteiger partial charge in [-0.15, -0.1) is 0 Å². The van der Waals surface area contributed by atoms with Crippen LogP contribution in [0, 0.1) is 5.92 Å². The van der Waals surface area contributed by atoms with Gasteiger partial charge in [0.1, 0.15) is 0 Å². The van der Waals surface area contributed by atoms with E-state index in [1.807, 2.05) is 12.1 Å². The number of benzene rings is 1. The number of carboxylic acid groups (broad SMARTS) is 1. The van der Waals surface area contributed by atoms with Crippen LogP contribution in [0.25, 0.3) is 0 Å². The van der Waals surface area contributed by atoms with Gasteiger partial charge >= 0.3 is 5.97 Å². The summed E-state index contributed by atoms with van der Waals surface area (Å²) < 4.78 is 0. The molecule has 1 fully saturated rings. The fraction of sp³-hybridized carbons (Fsp3) is 0.533. The van der Waals surface area contributed by atoms with Gasteiger partial charge < -0.3 is 15.7 Å². The van der Waals surface area contributed by atoms with Gasteiger partial charge in [0, 0.05) is 31.4 Å². The molecule has 0 saturated carbocycles. The van der Waals surface area contributed by atoms with Gasteiger partial charge in [-0.05, 0) is 31.6 Å². The Hall–Kier alpha value is -1.59. The third-order valence-electron chi connectivity index (χ3n) is 4.10. The number of likely N-dealkylation sites (tertiary alicyclic amines) is 1. The van der Waals surface area contributed by atoms with Gasteiger partial charge in [0.05, 0.1) is 5.56 Å². The van der Waals surface area contributed by atoms with Gasteiger partial charge in [-0.3, -0.25) is 4.90 Å². The van der Waals surface area contributed by atoms with Gasteiger partial charge in [-0.1, -0.05) is 19.1 Å². The Kier molecular flexibility index (Phi) is 4.30. The highest BCUT2D eigenvalue weighted by atomic mass is 16.4. The van der Waals surface area contributed by atoms with E-state index in [1.54, 1.807) is 6.07 Å². The second-order valence-electron chi connectivity index (χ2n) is 5.89. The SMILES string of the molecule is CC1CN(Cc2cccc(N)c2C(=O)O)CC1N(C)C. The molecule has 2 atom stereocenters. The lowest BCUT2D eigenvalue weighted by molar-refractivity contribution is 0.0696. The number of nitrogens with zero attached hydrogens (tertiary/aromatic N) is 2. The summed E-state index contributed by atoms with van der Waals surface area (Å²) in [7, 11) is 4.18. The van der Waals surface area contributed by atoms with E-state index in [-0.39, 0.29) is 5.56 Å². The summed E-state index contributed by atoms with van der Waals surface area (Å²) in [4.78, 5) is 15.9. The zero-order valence-corrected chi connectivity index (χ0v) is 12.3. The number of hydrogen-bond donors (Lipinski definition) is 2. The molecule has 5 heteroatoms. The normalized spacial score (nSPS) is 23.4. The highest BCUT2D eigenvalue weighted by molar-refractivity contribution is 5.95. The molecule has 0 amide bonds. The predicted molar refractivity (Wildman–Crippen MR) is 79.7 cm³/mol. The number of carbonyl (C=O) groups is 1. The van der Waals surface area contributed by atoms with E-state index in [4.69, 9.17) is 5.73 Å². The van der Waals surface area contributed by atoms with Crippen LogP contribution in [0.1, 0.15) is 22.8 Å². The van der Waals surface area contributed by atoms with Gasteiger partial charge in [0.2, 0.25) is 0 Å². The number of likely N-dealkylation sites (N-methyl/N-ethyl adjacent to an activating group) is 1. The number of nitrogens with two attached hydrogens (primary N) is 1. The zero-order chi connectivity index (χ0) is 14.9. The predicted octanol–water partition coefficient (Wildman–Crippen LogP) is 1.35. The minimum Gasteiger partial charge on any atom is -0.478 e. The quantitative estimate of drug-likeness (QED) is 0.813. The molecule has 1 heterocycles. The Labute approximate surface area is 120 Å². The van der Waals surface area contributed by atoms with Crippen molar-refractivity contribution in [2.45, 2.75) is 19.5 Å². The number of nitrogen functional groups attached to an aromatic ring is 1. The molecule has 0 aliphatic carbocycles. The van der Waals surface area contributed by atoms with Crippen molar-refractivity contribution in [2.75, 3.05) is 32.9 Å². The monoisotopic (exact) mass is 277 g/mol. The Morgan fingerprint density at radius 1 is 1.45 bits per heavy atom. The molecule has 5 nitrogen and oxygen atoms in total. The molecule has 1 saturated heterocycles. The lowest BCUT2D eigenvalue weighted by Gasteiger charge is -2.22. The van der Waals surface area contributed by atoms with E-state index >= 15 is 0 Å². The average Bonchev–Trinajstić information content (AvgIpc) is 2.70. The van der Waals surface area contributed by atoms with E-state index in [0.29, 0.717) is 24.2 Å². The second-order valence-corrected chi connectivity index (χ2v) is 5.89. The number of aromatic carboxylic acids is 1. The maximum atomic E-state index is 11.3. The highest BCUT2D eigenvalue weighted by Crippen LogP contribution is 2.24. The maximum absolute atomic E-state index is 11.3. The minimum absolute atomic E-state index is 0.244. The van der Waals surface area contributed by atoms with Crippen molar-refractivity contribution in [1.29, 1.82) is 0 Å². The van der Waals surface area contributed by atoms with Crippen molar-refractivity contribution in [1.82, 2.24) is 9.80 Å². The number of carboxylic acids is 1. The molecule has 1 aliphatic heterocycles. The largest absolute Gasteiger partial charge is 0.478 e. The molecule has 0 radical (unpaired) electrons. The minimum atomic E-state index is -0.950. The van der Waals surface area contributed by atoms with Gasteiger partial charge in [-0.2, -0.15) is 0 Å². The fourth-order valence-corrected chi connectivity index (χ4v) is 3.10. The molecule has 2 rings (SSSR count). The van der Waals surface area contributed by atoms with Crippen LogP contribution in [0.3, 0.4) is 0 Å². The second kappa shape index (κ2) is 5.81. The van der Waals surface area contributed by atoms with Crippen LogP contribution in [-0.4, -0.2) is 54.1 Å². The van der Waals surface area contributed by atoms with Gasteiger partial charge in [-0.25, -0.2) is 4.79 Å². The molecule has 1 aliphatic rings. The van der Waals surface area contributed by atoms with E-state index in [0.717, 1.165) is 18.7 Å². The standard InChI is InChI=1S/C15H23N3O2/c1-10-7-18(9-13(10)17(2)3)8-11-5-4-6-12(16)14(11)15(19)20/h4-6,10,13H,7-9,16H2,1-3H3,(H,19,20). The highest BCUT2D eigenvalue weighted by Gasteiger charge is 2.31. The summed E-state index contributed by atoms with van der Waals surface area (Å²) in [5.41, 5.74) is 7.17. The summed E-state index contributed by atoms with van der Waals surface area (Å²) in [6.07, 6.45) is 0. The van der Waals surface area contributed by atoms with Crippen LogP contribution in [-0.2, 0) is 6.54 Å². The smallest absolute Gasteiger partial charge is 0.338 e. The van der Waals surface area contributed by atoms with Crippen LogP contribution < -0.4 is 5.73 Å². The van der Waals surface area contributed by atoms with Crippen molar-refractivity contribution in [2.24, 2.45) is 5.92 Å². The van der Waals surface area contributed by atoms with E-state index in [9.17, 15) is 9.90 Å². The molecule has 0 bridgehead atoms. The lowest BCUT2D eigenvalue weighted by Crippen LogP contribution is -2.34. The van der Waals surface area contributed by atoms with Crippen molar-refractivity contribution < 1.29 is 9.90 Å². The molecule has 1 aromatic rings. The number of anilines is 1. The zero-order valence-electron chi connectivity index (χ0n) is 12.3. The summed E-state index contributed by atoms with van der Waals surface area (Å²) in [5, 5.41) is 9.31. The first-order valence-electron chi connectivity index (χ1n) is 6.89.